The number of alkyl halides is 3. The Morgan fingerprint density at radius 3 is 2.48 bits per heavy atom. The molecule has 1 aliphatic heterocycles. The third-order valence-electron chi connectivity index (χ3n) is 5.70. The van der Waals surface area contributed by atoms with Gasteiger partial charge in [-0.2, -0.15) is 13.2 Å². The summed E-state index contributed by atoms with van der Waals surface area (Å²) in [5.41, 5.74) is 1.97. The molecule has 0 radical (unpaired) electrons. The molecule has 3 atom stereocenters. The molecule has 2 nitrogen and oxygen atoms in total. The van der Waals surface area contributed by atoms with Crippen LogP contribution in [0.2, 0.25) is 0 Å². The van der Waals surface area contributed by atoms with Gasteiger partial charge < -0.3 is 4.90 Å². The summed E-state index contributed by atoms with van der Waals surface area (Å²) in [6.07, 6.45) is -3.03. The summed E-state index contributed by atoms with van der Waals surface area (Å²) in [5.74, 6) is -0.563. The molecule has 0 spiro atoms. The summed E-state index contributed by atoms with van der Waals surface area (Å²) in [6.45, 7) is 2.47. The highest BCUT2D eigenvalue weighted by Gasteiger charge is 2.47. The van der Waals surface area contributed by atoms with Crippen LogP contribution in [0, 0.1) is 11.7 Å². The summed E-state index contributed by atoms with van der Waals surface area (Å²) in [6, 6.07) is 9.55. The summed E-state index contributed by atoms with van der Waals surface area (Å²) < 4.78 is 51.7. The van der Waals surface area contributed by atoms with Gasteiger partial charge in [-0.15, -0.1) is 0 Å². The quantitative estimate of drug-likeness (QED) is 0.668. The molecule has 3 unspecified atom stereocenters. The Labute approximate surface area is 154 Å². The van der Waals surface area contributed by atoms with Crippen LogP contribution < -0.4 is 0 Å². The van der Waals surface area contributed by atoms with E-state index in [0.29, 0.717) is 19.4 Å². The van der Waals surface area contributed by atoms with Gasteiger partial charge in [0.05, 0.1) is 11.6 Å². The number of nitrogens with zero attached hydrogens (tertiary/aromatic N) is 1. The highest BCUT2D eigenvalue weighted by atomic mass is 19.4. The summed E-state index contributed by atoms with van der Waals surface area (Å²) in [7, 11) is 0. The van der Waals surface area contributed by atoms with Crippen molar-refractivity contribution in [1.29, 1.82) is 0 Å². The van der Waals surface area contributed by atoms with Crippen LogP contribution in [0.15, 0.2) is 42.5 Å². The first kappa shape index (κ1) is 18.0. The van der Waals surface area contributed by atoms with Crippen LogP contribution in [-0.4, -0.2) is 17.4 Å². The molecule has 1 heterocycles. The number of carbonyl (C=O) groups excluding carboxylic acids is 1. The predicted octanol–water partition coefficient (Wildman–Crippen LogP) is 5.09. The lowest BCUT2D eigenvalue weighted by Gasteiger charge is -2.35. The first-order chi connectivity index (χ1) is 12.8. The molecule has 0 aromatic heterocycles. The van der Waals surface area contributed by atoms with Gasteiger partial charge in [0.2, 0.25) is 5.91 Å². The number of fused-ring (bicyclic) bond motifs is 1. The van der Waals surface area contributed by atoms with Crippen molar-refractivity contribution in [3.8, 4) is 0 Å². The van der Waals surface area contributed by atoms with E-state index in [4.69, 9.17) is 0 Å². The molecule has 0 saturated heterocycles. The minimum Gasteiger partial charge on any atom is -0.335 e. The van der Waals surface area contributed by atoms with Crippen LogP contribution in [0.5, 0.6) is 0 Å². The highest BCUT2D eigenvalue weighted by molar-refractivity contribution is 5.83. The zero-order valence-corrected chi connectivity index (χ0v) is 14.8. The number of amides is 1. The number of halogens is 4. The summed E-state index contributed by atoms with van der Waals surface area (Å²) in [4.78, 5) is 14.7. The standard InChI is InChI=1S/C21H19F4NO/c1-12-17-10-16(22)7-4-14(17)8-9-26(12)20(27)19-11-18(19)13-2-5-15(6-3-13)21(23,24)25/h2-7,10,12,18-19H,8-9,11H2,1H3. The average Bonchev–Trinajstić information content (AvgIpc) is 3.42. The first-order valence-electron chi connectivity index (χ1n) is 9.01. The van der Waals surface area contributed by atoms with Crippen molar-refractivity contribution in [3.05, 3.63) is 70.5 Å². The Bertz CT molecular complexity index is 875. The second-order valence-electron chi connectivity index (χ2n) is 7.37. The molecule has 0 N–H and O–H groups in total. The molecule has 1 aliphatic carbocycles. The fourth-order valence-corrected chi connectivity index (χ4v) is 4.05. The van der Waals surface area contributed by atoms with Crippen molar-refractivity contribution >= 4 is 5.91 Å². The topological polar surface area (TPSA) is 20.3 Å². The minimum atomic E-state index is -4.36. The third-order valence-corrected chi connectivity index (χ3v) is 5.70. The van der Waals surface area contributed by atoms with E-state index in [1.54, 1.807) is 11.0 Å². The molecule has 142 valence electrons. The number of rotatable bonds is 2. The third kappa shape index (κ3) is 3.33. The van der Waals surface area contributed by atoms with E-state index in [1.165, 1.54) is 24.3 Å². The van der Waals surface area contributed by atoms with Crippen molar-refractivity contribution in [2.24, 2.45) is 5.92 Å². The molecule has 6 heteroatoms. The van der Waals surface area contributed by atoms with Gasteiger partial charge in [-0.1, -0.05) is 18.2 Å². The second kappa shape index (κ2) is 6.36. The van der Waals surface area contributed by atoms with E-state index < -0.39 is 11.7 Å². The zero-order valence-electron chi connectivity index (χ0n) is 14.8. The van der Waals surface area contributed by atoms with E-state index in [2.05, 4.69) is 0 Å². The van der Waals surface area contributed by atoms with E-state index in [9.17, 15) is 22.4 Å². The molecule has 4 rings (SSSR count). The van der Waals surface area contributed by atoms with Crippen molar-refractivity contribution in [2.45, 2.75) is 37.9 Å². The second-order valence-corrected chi connectivity index (χ2v) is 7.37. The molecule has 0 bridgehead atoms. The molecule has 2 aromatic carbocycles. The lowest BCUT2D eigenvalue weighted by atomic mass is 9.93. The Morgan fingerprint density at radius 2 is 1.81 bits per heavy atom. The van der Waals surface area contributed by atoms with Crippen LogP contribution >= 0.6 is 0 Å². The molecule has 1 fully saturated rings. The first-order valence-corrected chi connectivity index (χ1v) is 9.01. The van der Waals surface area contributed by atoms with Crippen LogP contribution in [0.25, 0.3) is 0 Å². The maximum Gasteiger partial charge on any atom is 0.416 e. The molecular formula is C21H19F4NO. The maximum atomic E-state index is 13.6. The smallest absolute Gasteiger partial charge is 0.335 e. The van der Waals surface area contributed by atoms with Crippen molar-refractivity contribution in [2.75, 3.05) is 6.54 Å². The van der Waals surface area contributed by atoms with E-state index in [-0.39, 0.29) is 29.6 Å². The Morgan fingerprint density at radius 1 is 1.11 bits per heavy atom. The fourth-order valence-electron chi connectivity index (χ4n) is 4.05. The van der Waals surface area contributed by atoms with Crippen molar-refractivity contribution in [1.82, 2.24) is 4.90 Å². The van der Waals surface area contributed by atoms with Crippen molar-refractivity contribution < 1.29 is 22.4 Å². The Balaban J connectivity index is 1.47. The monoisotopic (exact) mass is 377 g/mol. The molecular weight excluding hydrogens is 358 g/mol. The van der Waals surface area contributed by atoms with Crippen LogP contribution in [-0.2, 0) is 17.4 Å². The van der Waals surface area contributed by atoms with Gasteiger partial charge in [0, 0.05) is 12.5 Å². The van der Waals surface area contributed by atoms with E-state index in [0.717, 1.165) is 28.8 Å². The SMILES string of the molecule is CC1c2cc(F)ccc2CCN1C(=O)C1CC1c1ccc(C(F)(F)F)cc1. The Hall–Kier alpha value is -2.37. The van der Waals surface area contributed by atoms with Crippen molar-refractivity contribution in [3.63, 3.8) is 0 Å². The van der Waals surface area contributed by atoms with E-state index in [1.807, 2.05) is 6.92 Å². The number of benzene rings is 2. The fraction of sp³-hybridized carbons (Fsp3) is 0.381. The average molecular weight is 377 g/mol. The van der Waals surface area contributed by atoms with Crippen LogP contribution in [0.1, 0.15) is 47.6 Å². The van der Waals surface area contributed by atoms with Gasteiger partial charge in [-0.3, -0.25) is 4.79 Å². The van der Waals surface area contributed by atoms with Gasteiger partial charge in [0.25, 0.3) is 0 Å². The molecule has 27 heavy (non-hydrogen) atoms. The van der Waals surface area contributed by atoms with Gasteiger partial charge in [-0.05, 0) is 66.6 Å². The summed E-state index contributed by atoms with van der Waals surface area (Å²) >= 11 is 0. The number of carbonyl (C=O) groups is 1. The zero-order chi connectivity index (χ0) is 19.3. The normalized spacial score (nSPS) is 24.5. The lowest BCUT2D eigenvalue weighted by Crippen LogP contribution is -2.40. The Kier molecular flexibility index (Phi) is 4.24. The minimum absolute atomic E-state index is 0.00214. The summed E-state index contributed by atoms with van der Waals surface area (Å²) in [5, 5.41) is 0. The predicted molar refractivity (Wildman–Crippen MR) is 92.5 cm³/mol. The van der Waals surface area contributed by atoms with Gasteiger partial charge >= 0.3 is 6.18 Å². The maximum absolute atomic E-state index is 13.6. The molecule has 2 aromatic rings. The number of hydrogen-bond acceptors (Lipinski definition) is 1. The van der Waals surface area contributed by atoms with E-state index >= 15 is 0 Å². The largest absolute Gasteiger partial charge is 0.416 e. The number of hydrogen-bond donors (Lipinski definition) is 0. The highest BCUT2D eigenvalue weighted by Crippen LogP contribution is 2.50. The van der Waals surface area contributed by atoms with Crippen LogP contribution in [0.3, 0.4) is 0 Å². The van der Waals surface area contributed by atoms with Crippen LogP contribution in [0.4, 0.5) is 17.6 Å². The van der Waals surface area contributed by atoms with Gasteiger partial charge in [0.1, 0.15) is 5.82 Å². The molecule has 2 aliphatic rings. The lowest BCUT2D eigenvalue weighted by molar-refractivity contribution is -0.137. The molecule has 1 saturated carbocycles. The van der Waals surface area contributed by atoms with Gasteiger partial charge in [-0.25, -0.2) is 4.39 Å². The molecule has 1 amide bonds. The van der Waals surface area contributed by atoms with Gasteiger partial charge in [0.15, 0.2) is 0 Å².